The van der Waals surface area contributed by atoms with Crippen LogP contribution in [-0.4, -0.2) is 28.9 Å². The first-order valence-corrected chi connectivity index (χ1v) is 13.5. The van der Waals surface area contributed by atoms with Crippen molar-refractivity contribution in [3.05, 3.63) is 86.5 Å². The molecule has 0 spiro atoms. The number of halogens is 2. The Kier molecular flexibility index (Phi) is 7.82. The van der Waals surface area contributed by atoms with Gasteiger partial charge in [-0.1, -0.05) is 39.4 Å². The molecule has 0 aliphatic carbocycles. The molecule has 0 amide bonds. The Morgan fingerprint density at radius 1 is 1.26 bits per heavy atom. The number of nitrogens with zero attached hydrogens (tertiary/aromatic N) is 2. The molecule has 10 heteroatoms. The van der Waals surface area contributed by atoms with Gasteiger partial charge in [0.05, 0.1) is 38.6 Å². The molecule has 7 nitrogen and oxygen atoms in total. The summed E-state index contributed by atoms with van der Waals surface area (Å²) in [6, 6.07) is 10.1. The average Bonchev–Trinajstić information content (AvgIpc) is 3.11. The molecule has 1 atom stereocenters. The number of ether oxygens (including phenoxy) is 2. The van der Waals surface area contributed by atoms with E-state index < -0.39 is 12.0 Å². The lowest BCUT2D eigenvalue weighted by molar-refractivity contribution is -0.139. The highest BCUT2D eigenvalue weighted by atomic mass is 127. The van der Waals surface area contributed by atoms with E-state index >= 15 is 0 Å². The number of fused-ring (bicyclic) bond motifs is 1. The second-order valence-electron chi connectivity index (χ2n) is 7.63. The normalized spacial score (nSPS) is 15.6. The van der Waals surface area contributed by atoms with Gasteiger partial charge >= 0.3 is 5.97 Å². The van der Waals surface area contributed by atoms with Crippen LogP contribution in [0.1, 0.15) is 37.9 Å². The van der Waals surface area contributed by atoms with Crippen molar-refractivity contribution in [2.75, 3.05) is 13.2 Å². The molecule has 0 radical (unpaired) electrons. The zero-order valence-electron chi connectivity index (χ0n) is 19.2. The molecule has 1 N–H and O–H groups in total. The van der Waals surface area contributed by atoms with E-state index in [1.165, 1.54) is 15.9 Å². The number of esters is 1. The topological polar surface area (TPSA) is 90.1 Å². The van der Waals surface area contributed by atoms with Crippen LogP contribution in [-0.2, 0) is 9.53 Å². The maximum atomic E-state index is 13.7. The molecule has 0 fully saturated rings. The van der Waals surface area contributed by atoms with Crippen LogP contribution in [0.2, 0.25) is 0 Å². The van der Waals surface area contributed by atoms with Crippen molar-refractivity contribution in [3.63, 3.8) is 0 Å². The third-order valence-corrected chi connectivity index (χ3v) is 7.63. The number of phenolic OH excluding ortho intramolecular Hbond substituents is 1. The Balaban J connectivity index is 1.94. The molecule has 2 heterocycles. The summed E-state index contributed by atoms with van der Waals surface area (Å²) >= 11 is 6.68. The molecule has 0 saturated heterocycles. The summed E-state index contributed by atoms with van der Waals surface area (Å²) in [4.78, 5) is 31.7. The van der Waals surface area contributed by atoms with E-state index in [0.717, 1.165) is 10.0 Å². The van der Waals surface area contributed by atoms with E-state index in [2.05, 4.69) is 20.9 Å². The fourth-order valence-electron chi connectivity index (χ4n) is 3.86. The largest absolute Gasteiger partial charge is 0.506 e. The number of hydrogen-bond donors (Lipinski definition) is 1. The van der Waals surface area contributed by atoms with Crippen LogP contribution >= 0.6 is 49.9 Å². The van der Waals surface area contributed by atoms with Gasteiger partial charge in [0.1, 0.15) is 11.5 Å². The highest BCUT2D eigenvalue weighted by Gasteiger charge is 2.33. The second-order valence-corrected chi connectivity index (χ2v) is 10.7. The SMILES string of the molecule is CCOC(=O)C1=C(C)N=c2s/c(=C\c3cc(Br)cc(I)c3O)c(=O)n2C1c1ccc(OCC)cc1. The minimum atomic E-state index is -0.709. The quantitative estimate of drug-likeness (QED) is 0.313. The average molecular weight is 669 g/mol. The molecule has 0 saturated carbocycles. The first-order chi connectivity index (χ1) is 16.7. The molecular weight excluding hydrogens is 647 g/mol. The summed E-state index contributed by atoms with van der Waals surface area (Å²) in [5, 5.41) is 10.5. The number of carbonyl (C=O) groups is 1. The summed E-state index contributed by atoms with van der Waals surface area (Å²) in [5.41, 5.74) is 1.74. The Hall–Kier alpha value is -2.44. The molecule has 1 unspecified atom stereocenters. The van der Waals surface area contributed by atoms with Gasteiger partial charge in [-0.25, -0.2) is 9.79 Å². The monoisotopic (exact) mass is 668 g/mol. The number of benzene rings is 2. The lowest BCUT2D eigenvalue weighted by atomic mass is 9.96. The van der Waals surface area contributed by atoms with Gasteiger partial charge in [0.2, 0.25) is 0 Å². The molecule has 35 heavy (non-hydrogen) atoms. The number of carbonyl (C=O) groups excluding carboxylic acids is 1. The fraction of sp³-hybridized carbons (Fsp3) is 0.240. The van der Waals surface area contributed by atoms with Crippen molar-refractivity contribution in [3.8, 4) is 11.5 Å². The van der Waals surface area contributed by atoms with Crippen molar-refractivity contribution in [1.82, 2.24) is 4.57 Å². The van der Waals surface area contributed by atoms with E-state index in [1.54, 1.807) is 32.1 Å². The van der Waals surface area contributed by atoms with E-state index in [1.807, 2.05) is 53.8 Å². The molecule has 4 rings (SSSR count). The summed E-state index contributed by atoms with van der Waals surface area (Å²) in [6.45, 7) is 6.12. The van der Waals surface area contributed by atoms with Crippen LogP contribution in [0, 0.1) is 3.57 Å². The number of aromatic hydroxyl groups is 1. The van der Waals surface area contributed by atoms with Crippen LogP contribution in [0.4, 0.5) is 0 Å². The Morgan fingerprint density at radius 3 is 2.63 bits per heavy atom. The molecule has 182 valence electrons. The van der Waals surface area contributed by atoms with E-state index in [9.17, 15) is 14.7 Å². The van der Waals surface area contributed by atoms with Gasteiger partial charge in [0.15, 0.2) is 4.80 Å². The molecule has 1 aliphatic heterocycles. The Labute approximate surface area is 227 Å². The smallest absolute Gasteiger partial charge is 0.338 e. The Morgan fingerprint density at radius 2 is 1.97 bits per heavy atom. The highest BCUT2D eigenvalue weighted by Crippen LogP contribution is 2.32. The number of phenols is 1. The third-order valence-electron chi connectivity index (χ3n) is 5.37. The summed E-state index contributed by atoms with van der Waals surface area (Å²) in [7, 11) is 0. The number of rotatable bonds is 6. The number of allylic oxidation sites excluding steroid dienone is 1. The fourth-order valence-corrected chi connectivity index (χ4v) is 6.44. The maximum absolute atomic E-state index is 13.7. The van der Waals surface area contributed by atoms with Gasteiger partial charge in [-0.15, -0.1) is 0 Å². The van der Waals surface area contributed by atoms with Crippen molar-refractivity contribution in [1.29, 1.82) is 0 Å². The summed E-state index contributed by atoms with van der Waals surface area (Å²) in [5.74, 6) is 0.272. The standard InChI is InChI=1S/C25H22BrIN2O5S/c1-4-33-17-8-6-14(7-9-17)21-20(24(32)34-5-2)13(3)28-25-29(21)23(31)19(35-25)11-15-10-16(26)12-18(27)22(15)30/h6-12,21,30H,4-5H2,1-3H3/b19-11-. The van der Waals surface area contributed by atoms with Crippen molar-refractivity contribution in [2.24, 2.45) is 4.99 Å². The van der Waals surface area contributed by atoms with Gasteiger partial charge in [-0.3, -0.25) is 9.36 Å². The van der Waals surface area contributed by atoms with E-state index in [4.69, 9.17) is 9.47 Å². The van der Waals surface area contributed by atoms with Crippen molar-refractivity contribution in [2.45, 2.75) is 26.8 Å². The lowest BCUT2D eigenvalue weighted by Gasteiger charge is -2.24. The number of hydrogen-bond acceptors (Lipinski definition) is 7. The van der Waals surface area contributed by atoms with E-state index in [-0.39, 0.29) is 17.9 Å². The van der Waals surface area contributed by atoms with Gasteiger partial charge in [0, 0.05) is 10.0 Å². The zero-order valence-corrected chi connectivity index (χ0v) is 23.7. The van der Waals surface area contributed by atoms with Gasteiger partial charge < -0.3 is 14.6 Å². The Bertz CT molecular complexity index is 1510. The van der Waals surface area contributed by atoms with Gasteiger partial charge in [-0.2, -0.15) is 0 Å². The minimum absolute atomic E-state index is 0.0890. The molecule has 1 aliphatic rings. The molecule has 3 aromatic rings. The first-order valence-electron chi connectivity index (χ1n) is 10.9. The third kappa shape index (κ3) is 5.10. The summed E-state index contributed by atoms with van der Waals surface area (Å²) in [6.07, 6.45) is 1.64. The van der Waals surface area contributed by atoms with Crippen molar-refractivity contribution < 1.29 is 19.4 Å². The first kappa shape index (κ1) is 25.6. The maximum Gasteiger partial charge on any atom is 0.338 e. The van der Waals surface area contributed by atoms with Gasteiger partial charge in [-0.05, 0) is 79.3 Å². The summed E-state index contributed by atoms with van der Waals surface area (Å²) < 4.78 is 14.2. The zero-order chi connectivity index (χ0) is 25.3. The van der Waals surface area contributed by atoms with Gasteiger partial charge in [0.25, 0.3) is 5.56 Å². The molecule has 1 aromatic heterocycles. The second kappa shape index (κ2) is 10.7. The molecular formula is C25H22BrIN2O5S. The molecule has 0 bridgehead atoms. The lowest BCUT2D eigenvalue weighted by Crippen LogP contribution is -2.39. The predicted molar refractivity (Wildman–Crippen MR) is 147 cm³/mol. The van der Waals surface area contributed by atoms with Crippen molar-refractivity contribution >= 4 is 61.9 Å². The van der Waals surface area contributed by atoms with E-state index in [0.29, 0.717) is 42.1 Å². The van der Waals surface area contributed by atoms with Crippen LogP contribution in [0.3, 0.4) is 0 Å². The minimum Gasteiger partial charge on any atom is -0.506 e. The van der Waals surface area contributed by atoms with Crippen LogP contribution in [0.25, 0.3) is 6.08 Å². The number of thiazole rings is 1. The van der Waals surface area contributed by atoms with Crippen LogP contribution < -0.4 is 19.6 Å². The molecule has 2 aromatic carbocycles. The predicted octanol–water partition coefficient (Wildman–Crippen LogP) is 4.27. The van der Waals surface area contributed by atoms with Crippen LogP contribution in [0.5, 0.6) is 11.5 Å². The number of aromatic nitrogens is 1. The highest BCUT2D eigenvalue weighted by molar-refractivity contribution is 14.1. The van der Waals surface area contributed by atoms with Crippen LogP contribution in [0.15, 0.2) is 61.9 Å².